The molecule has 0 amide bonds. The summed E-state index contributed by atoms with van der Waals surface area (Å²) in [6, 6.07) is 2.94. The molecule has 0 aliphatic carbocycles. The minimum absolute atomic E-state index is 0.563. The molecule has 5 heteroatoms. The van der Waals surface area contributed by atoms with E-state index in [0.717, 1.165) is 31.2 Å². The molecule has 2 heterocycles. The van der Waals surface area contributed by atoms with Gasteiger partial charge in [0.25, 0.3) is 0 Å². The van der Waals surface area contributed by atoms with Gasteiger partial charge < -0.3 is 5.73 Å². The Balaban J connectivity index is 2.05. The number of nitrogens with two attached hydrogens (primary N) is 1. The van der Waals surface area contributed by atoms with Gasteiger partial charge in [-0.25, -0.2) is 9.97 Å². The fraction of sp³-hybridized carbons (Fsp3) is 0.692. The average Bonchev–Trinajstić information content (AvgIpc) is 2.24. The van der Waals surface area contributed by atoms with E-state index >= 15 is 0 Å². The van der Waals surface area contributed by atoms with Gasteiger partial charge in [0.05, 0.1) is 6.54 Å². The van der Waals surface area contributed by atoms with E-state index < -0.39 is 0 Å². The molecule has 1 fully saturated rings. The lowest BCUT2D eigenvalue weighted by atomic mass is 10.1. The minimum Gasteiger partial charge on any atom is -0.384 e. The van der Waals surface area contributed by atoms with Gasteiger partial charge in [0.2, 0.25) is 0 Å². The van der Waals surface area contributed by atoms with Crippen LogP contribution in [0.2, 0.25) is 0 Å². The van der Waals surface area contributed by atoms with Crippen molar-refractivity contribution < 1.29 is 0 Å². The van der Waals surface area contributed by atoms with Crippen molar-refractivity contribution in [2.75, 3.05) is 25.9 Å². The molecule has 0 aromatic carbocycles. The first-order valence-corrected chi connectivity index (χ1v) is 6.50. The summed E-state index contributed by atoms with van der Waals surface area (Å²) in [5.41, 5.74) is 6.70. The van der Waals surface area contributed by atoms with Gasteiger partial charge >= 0.3 is 0 Å². The smallest absolute Gasteiger partial charge is 0.144 e. The third kappa shape index (κ3) is 2.97. The Morgan fingerprint density at radius 1 is 1.28 bits per heavy atom. The van der Waals surface area contributed by atoms with Crippen LogP contribution in [0.4, 0.5) is 5.82 Å². The Morgan fingerprint density at radius 3 is 2.44 bits per heavy atom. The van der Waals surface area contributed by atoms with Gasteiger partial charge in [-0.05, 0) is 27.8 Å². The van der Waals surface area contributed by atoms with Gasteiger partial charge in [-0.1, -0.05) is 0 Å². The largest absolute Gasteiger partial charge is 0.384 e. The molecular formula is C13H23N5. The molecule has 1 aliphatic rings. The van der Waals surface area contributed by atoms with Gasteiger partial charge in [0, 0.05) is 36.9 Å². The number of nitrogen functional groups attached to an aromatic ring is 1. The Bertz CT molecular complexity index is 388. The van der Waals surface area contributed by atoms with Crippen molar-refractivity contribution in [2.45, 2.75) is 39.4 Å². The molecule has 1 aromatic rings. The van der Waals surface area contributed by atoms with Crippen LogP contribution in [0.3, 0.4) is 0 Å². The topological polar surface area (TPSA) is 58.3 Å². The van der Waals surface area contributed by atoms with E-state index in [0.29, 0.717) is 17.9 Å². The number of aromatic nitrogens is 2. The summed E-state index contributed by atoms with van der Waals surface area (Å²) in [5, 5.41) is 0. The molecule has 5 nitrogen and oxygen atoms in total. The van der Waals surface area contributed by atoms with Crippen molar-refractivity contribution in [3.05, 3.63) is 17.6 Å². The number of piperazine rings is 1. The maximum atomic E-state index is 5.76. The lowest BCUT2D eigenvalue weighted by molar-refractivity contribution is 0.0541. The van der Waals surface area contributed by atoms with Crippen molar-refractivity contribution in [1.82, 2.24) is 19.8 Å². The number of hydrogen-bond acceptors (Lipinski definition) is 5. The first kappa shape index (κ1) is 13.2. The Morgan fingerprint density at radius 2 is 1.89 bits per heavy atom. The summed E-state index contributed by atoms with van der Waals surface area (Å²) >= 11 is 0. The first-order valence-electron chi connectivity index (χ1n) is 6.50. The first-order chi connectivity index (χ1) is 8.45. The highest BCUT2D eigenvalue weighted by Crippen LogP contribution is 2.15. The van der Waals surface area contributed by atoms with Crippen molar-refractivity contribution in [1.29, 1.82) is 0 Å². The zero-order chi connectivity index (χ0) is 13.3. The lowest BCUT2D eigenvalue weighted by Gasteiger charge is -2.42. The van der Waals surface area contributed by atoms with Crippen LogP contribution in [-0.4, -0.2) is 52.0 Å². The molecule has 2 atom stereocenters. The summed E-state index contributed by atoms with van der Waals surface area (Å²) in [4.78, 5) is 13.6. The van der Waals surface area contributed by atoms with Crippen molar-refractivity contribution in [3.8, 4) is 0 Å². The summed E-state index contributed by atoms with van der Waals surface area (Å²) < 4.78 is 0. The van der Waals surface area contributed by atoms with E-state index in [1.807, 2.05) is 6.92 Å². The fourth-order valence-electron chi connectivity index (χ4n) is 2.57. The molecule has 2 unspecified atom stereocenters. The third-order valence-electron chi connectivity index (χ3n) is 3.72. The Labute approximate surface area is 109 Å². The van der Waals surface area contributed by atoms with E-state index in [4.69, 9.17) is 5.73 Å². The second-order valence-electron chi connectivity index (χ2n) is 5.41. The van der Waals surface area contributed by atoms with Crippen LogP contribution in [0.25, 0.3) is 0 Å². The van der Waals surface area contributed by atoms with E-state index in [-0.39, 0.29) is 0 Å². The number of anilines is 1. The van der Waals surface area contributed by atoms with Gasteiger partial charge in [-0.15, -0.1) is 0 Å². The second kappa shape index (κ2) is 5.20. The third-order valence-corrected chi connectivity index (χ3v) is 3.72. The van der Waals surface area contributed by atoms with E-state index in [1.54, 1.807) is 6.07 Å². The predicted molar refractivity (Wildman–Crippen MR) is 73.1 cm³/mol. The van der Waals surface area contributed by atoms with Gasteiger partial charge in [-0.3, -0.25) is 9.80 Å². The van der Waals surface area contributed by atoms with Gasteiger partial charge in [-0.2, -0.15) is 0 Å². The Hall–Kier alpha value is -1.20. The van der Waals surface area contributed by atoms with E-state index in [9.17, 15) is 0 Å². The molecule has 1 aromatic heterocycles. The number of hydrogen-bond donors (Lipinski definition) is 1. The van der Waals surface area contributed by atoms with Crippen LogP contribution in [0.5, 0.6) is 0 Å². The number of aryl methyl sites for hydroxylation is 1. The molecule has 0 bridgehead atoms. The maximum absolute atomic E-state index is 5.76. The monoisotopic (exact) mass is 249 g/mol. The number of likely N-dealkylation sites (N-methyl/N-ethyl adjacent to an activating group) is 1. The molecule has 1 saturated heterocycles. The molecule has 2 N–H and O–H groups in total. The van der Waals surface area contributed by atoms with Crippen LogP contribution in [0.1, 0.15) is 25.4 Å². The standard InChI is InChI=1S/C13H23N5/c1-9-5-12(14)16-13(15-9)8-18-6-10(2)17(4)11(3)7-18/h5,10-11H,6-8H2,1-4H3,(H2,14,15,16). The van der Waals surface area contributed by atoms with E-state index in [2.05, 4.69) is 40.7 Å². The number of nitrogens with zero attached hydrogens (tertiary/aromatic N) is 4. The molecule has 0 spiro atoms. The Kier molecular flexibility index (Phi) is 3.82. The molecule has 18 heavy (non-hydrogen) atoms. The van der Waals surface area contributed by atoms with E-state index in [1.165, 1.54) is 0 Å². The van der Waals surface area contributed by atoms with Crippen LogP contribution >= 0.6 is 0 Å². The van der Waals surface area contributed by atoms with Crippen molar-refractivity contribution >= 4 is 5.82 Å². The SMILES string of the molecule is Cc1cc(N)nc(CN2CC(C)N(C)C(C)C2)n1. The zero-order valence-electron chi connectivity index (χ0n) is 11.7. The fourth-order valence-corrected chi connectivity index (χ4v) is 2.57. The molecule has 100 valence electrons. The lowest BCUT2D eigenvalue weighted by Crippen LogP contribution is -2.54. The summed E-state index contributed by atoms with van der Waals surface area (Å²) in [6.07, 6.45) is 0. The normalized spacial score (nSPS) is 26.4. The van der Waals surface area contributed by atoms with Gasteiger partial charge in [0.1, 0.15) is 11.6 Å². The molecule has 1 aliphatic heterocycles. The zero-order valence-corrected chi connectivity index (χ0v) is 11.7. The molecule has 2 rings (SSSR count). The predicted octanol–water partition coefficient (Wildman–Crippen LogP) is 0.892. The molecule has 0 radical (unpaired) electrons. The second-order valence-corrected chi connectivity index (χ2v) is 5.41. The average molecular weight is 249 g/mol. The maximum Gasteiger partial charge on any atom is 0.144 e. The molecule has 0 saturated carbocycles. The molecular weight excluding hydrogens is 226 g/mol. The van der Waals surface area contributed by atoms with Crippen LogP contribution < -0.4 is 5.73 Å². The van der Waals surface area contributed by atoms with Gasteiger partial charge in [0.15, 0.2) is 0 Å². The summed E-state index contributed by atoms with van der Waals surface area (Å²) in [6.45, 7) is 9.36. The van der Waals surface area contributed by atoms with Crippen LogP contribution in [-0.2, 0) is 6.54 Å². The van der Waals surface area contributed by atoms with Crippen LogP contribution in [0, 0.1) is 6.92 Å². The number of rotatable bonds is 2. The highest BCUT2D eigenvalue weighted by molar-refractivity contribution is 5.29. The summed E-state index contributed by atoms with van der Waals surface area (Å²) in [7, 11) is 2.19. The highest BCUT2D eigenvalue weighted by atomic mass is 15.3. The summed E-state index contributed by atoms with van der Waals surface area (Å²) in [5.74, 6) is 1.39. The highest BCUT2D eigenvalue weighted by Gasteiger charge is 2.26. The van der Waals surface area contributed by atoms with Crippen molar-refractivity contribution in [3.63, 3.8) is 0 Å². The van der Waals surface area contributed by atoms with Crippen molar-refractivity contribution in [2.24, 2.45) is 0 Å². The quantitative estimate of drug-likeness (QED) is 0.843. The minimum atomic E-state index is 0.563. The van der Waals surface area contributed by atoms with Crippen LogP contribution in [0.15, 0.2) is 6.07 Å².